The van der Waals surface area contributed by atoms with Gasteiger partial charge in [0, 0.05) is 32.2 Å². The third kappa shape index (κ3) is 5.26. The van der Waals surface area contributed by atoms with Crippen molar-refractivity contribution in [3.05, 3.63) is 78.6 Å². The fourth-order valence-corrected chi connectivity index (χ4v) is 3.87. The molecule has 0 spiro atoms. The van der Waals surface area contributed by atoms with Gasteiger partial charge in [-0.1, -0.05) is 48.5 Å². The predicted molar refractivity (Wildman–Crippen MR) is 124 cm³/mol. The van der Waals surface area contributed by atoms with Gasteiger partial charge in [0.25, 0.3) is 0 Å². The Morgan fingerprint density at radius 2 is 1.91 bits per heavy atom. The molecule has 1 aromatic heterocycles. The largest absolute Gasteiger partial charge is 0.436 e. The van der Waals surface area contributed by atoms with Crippen LogP contribution < -0.4 is 4.74 Å². The summed E-state index contributed by atoms with van der Waals surface area (Å²) in [5.74, 6) is 0.852. The summed E-state index contributed by atoms with van der Waals surface area (Å²) in [6, 6.07) is 16.3. The van der Waals surface area contributed by atoms with Gasteiger partial charge in [-0.3, -0.25) is 4.90 Å². The highest BCUT2D eigenvalue weighted by molar-refractivity contribution is 5.65. The number of aryl methyl sites for hydroxylation is 1. The Bertz CT molecular complexity index is 1070. The molecule has 0 saturated heterocycles. The second kappa shape index (κ2) is 9.27. The van der Waals surface area contributed by atoms with Gasteiger partial charge in [-0.05, 0) is 37.8 Å². The van der Waals surface area contributed by atoms with E-state index in [0.29, 0.717) is 24.9 Å². The van der Waals surface area contributed by atoms with E-state index in [-0.39, 0.29) is 5.75 Å². The van der Waals surface area contributed by atoms with Crippen LogP contribution in [-0.2, 0) is 13.6 Å². The van der Waals surface area contributed by atoms with Gasteiger partial charge >= 0.3 is 0 Å². The van der Waals surface area contributed by atoms with E-state index < -0.39 is 11.4 Å². The average Bonchev–Trinajstić information content (AvgIpc) is 3.54. The Kier molecular flexibility index (Phi) is 6.44. The molecule has 1 unspecified atom stereocenters. The molecular weight excluding hydrogens is 405 g/mol. The van der Waals surface area contributed by atoms with E-state index in [1.54, 1.807) is 42.9 Å². The molecule has 32 heavy (non-hydrogen) atoms. The zero-order valence-corrected chi connectivity index (χ0v) is 18.7. The van der Waals surface area contributed by atoms with Gasteiger partial charge in [0.15, 0.2) is 11.6 Å². The first-order chi connectivity index (χ1) is 15.4. The van der Waals surface area contributed by atoms with Crippen LogP contribution in [0, 0.1) is 11.7 Å². The maximum absolute atomic E-state index is 14.4. The zero-order valence-electron chi connectivity index (χ0n) is 18.7. The molecule has 5 nitrogen and oxygen atoms in total. The summed E-state index contributed by atoms with van der Waals surface area (Å²) in [4.78, 5) is 2.22. The second-order valence-electron chi connectivity index (χ2n) is 8.83. The summed E-state index contributed by atoms with van der Waals surface area (Å²) in [6.45, 7) is 7.37. The molecule has 0 radical (unpaired) electrons. The summed E-state index contributed by atoms with van der Waals surface area (Å²) in [5.41, 5.74) is 1.60. The summed E-state index contributed by atoms with van der Waals surface area (Å²) >= 11 is 0. The van der Waals surface area contributed by atoms with E-state index in [9.17, 15) is 9.50 Å². The lowest BCUT2D eigenvalue weighted by Crippen LogP contribution is -2.40. The lowest BCUT2D eigenvalue weighted by molar-refractivity contribution is 0.0566. The van der Waals surface area contributed by atoms with Crippen molar-refractivity contribution in [3.63, 3.8) is 0 Å². The molecule has 0 amide bonds. The van der Waals surface area contributed by atoms with E-state index in [1.165, 1.54) is 18.9 Å². The van der Waals surface area contributed by atoms with Crippen molar-refractivity contribution in [2.45, 2.75) is 31.9 Å². The van der Waals surface area contributed by atoms with Crippen molar-refractivity contribution in [3.8, 4) is 22.9 Å². The summed E-state index contributed by atoms with van der Waals surface area (Å²) < 4.78 is 22.1. The average molecular weight is 436 g/mol. The fraction of sp³-hybridized carbons (Fsp3) is 0.346. The molecule has 3 aromatic rings. The minimum absolute atomic E-state index is 0.156. The fourth-order valence-electron chi connectivity index (χ4n) is 3.87. The first-order valence-corrected chi connectivity index (χ1v) is 11.0. The normalized spacial score (nSPS) is 15.5. The molecule has 1 fully saturated rings. The third-order valence-electron chi connectivity index (χ3n) is 5.76. The van der Waals surface area contributed by atoms with Crippen LogP contribution in [0.1, 0.15) is 25.3 Å². The van der Waals surface area contributed by atoms with E-state index in [2.05, 4.69) is 11.5 Å². The SMILES string of the molecule is C=CC(C)(O)CN(Cc1c(-c2ccccc2)nn(C)c1Oc1ccccc1F)CC1CC1. The molecular formula is C26H30FN3O2. The number of nitrogens with zero attached hydrogens (tertiary/aromatic N) is 3. The van der Waals surface area contributed by atoms with Crippen LogP contribution in [0.5, 0.6) is 11.6 Å². The van der Waals surface area contributed by atoms with Crippen LogP contribution >= 0.6 is 0 Å². The summed E-state index contributed by atoms with van der Waals surface area (Å²) in [5, 5.41) is 15.4. The molecule has 1 atom stereocenters. The van der Waals surface area contributed by atoms with Crippen LogP contribution in [0.15, 0.2) is 67.3 Å². The molecule has 168 valence electrons. The summed E-state index contributed by atoms with van der Waals surface area (Å²) in [7, 11) is 1.80. The van der Waals surface area contributed by atoms with Gasteiger partial charge in [-0.25, -0.2) is 9.07 Å². The number of hydrogen-bond donors (Lipinski definition) is 1. The minimum atomic E-state index is -1.02. The van der Waals surface area contributed by atoms with Crippen molar-refractivity contribution in [1.82, 2.24) is 14.7 Å². The Labute approximate surface area is 188 Å². The molecule has 0 aliphatic heterocycles. The molecule has 1 aliphatic rings. The van der Waals surface area contributed by atoms with Gasteiger partial charge in [0.05, 0.1) is 11.2 Å². The third-order valence-corrected chi connectivity index (χ3v) is 5.76. The molecule has 4 rings (SSSR count). The lowest BCUT2D eigenvalue weighted by atomic mass is 10.0. The van der Waals surface area contributed by atoms with Crippen LogP contribution in [0.4, 0.5) is 4.39 Å². The molecule has 1 aliphatic carbocycles. The van der Waals surface area contributed by atoms with Crippen LogP contribution in [-0.4, -0.2) is 38.5 Å². The highest BCUT2D eigenvalue weighted by Crippen LogP contribution is 2.36. The minimum Gasteiger partial charge on any atom is -0.436 e. The standard InChI is InChI=1S/C26H30FN3O2/c1-4-26(2,31)18-30(16-19-14-15-19)17-21-24(20-10-6-5-7-11-20)28-29(3)25(21)32-23-13-9-8-12-22(23)27/h4-13,19,31H,1,14-18H2,2-3H3. The van der Waals surface area contributed by atoms with Crippen molar-refractivity contribution in [1.29, 1.82) is 0 Å². The van der Waals surface area contributed by atoms with Gasteiger partial charge in [-0.15, -0.1) is 6.58 Å². The number of aliphatic hydroxyl groups is 1. The Hall–Kier alpha value is -2.96. The van der Waals surface area contributed by atoms with Gasteiger partial charge in [-0.2, -0.15) is 5.10 Å². The number of rotatable bonds is 10. The highest BCUT2D eigenvalue weighted by Gasteiger charge is 2.30. The molecule has 1 heterocycles. The van der Waals surface area contributed by atoms with Crippen molar-refractivity contribution >= 4 is 0 Å². The molecule has 6 heteroatoms. The van der Waals surface area contributed by atoms with Crippen molar-refractivity contribution in [2.75, 3.05) is 13.1 Å². The maximum atomic E-state index is 14.4. The predicted octanol–water partition coefficient (Wildman–Crippen LogP) is 5.17. The van der Waals surface area contributed by atoms with Gasteiger partial charge in [0.1, 0.15) is 5.69 Å². The van der Waals surface area contributed by atoms with E-state index in [4.69, 9.17) is 9.84 Å². The molecule has 1 N–H and O–H groups in total. The smallest absolute Gasteiger partial charge is 0.222 e. The Morgan fingerprint density at radius 3 is 2.56 bits per heavy atom. The zero-order chi connectivity index (χ0) is 22.7. The maximum Gasteiger partial charge on any atom is 0.222 e. The van der Waals surface area contributed by atoms with E-state index in [0.717, 1.165) is 23.4 Å². The number of halogens is 1. The van der Waals surface area contributed by atoms with Crippen LogP contribution in [0.2, 0.25) is 0 Å². The first kappa shape index (κ1) is 22.2. The number of ether oxygens (including phenoxy) is 1. The van der Waals surface area contributed by atoms with Crippen molar-refractivity contribution < 1.29 is 14.2 Å². The Morgan fingerprint density at radius 1 is 1.22 bits per heavy atom. The van der Waals surface area contributed by atoms with Gasteiger partial charge < -0.3 is 9.84 Å². The topological polar surface area (TPSA) is 50.5 Å². The number of benzene rings is 2. The molecule has 2 aromatic carbocycles. The molecule has 1 saturated carbocycles. The monoisotopic (exact) mass is 435 g/mol. The van der Waals surface area contributed by atoms with Gasteiger partial charge in [0.2, 0.25) is 5.88 Å². The second-order valence-corrected chi connectivity index (χ2v) is 8.83. The quantitative estimate of drug-likeness (QED) is 0.447. The Balaban J connectivity index is 1.74. The first-order valence-electron chi connectivity index (χ1n) is 11.0. The van der Waals surface area contributed by atoms with Crippen LogP contribution in [0.3, 0.4) is 0 Å². The highest BCUT2D eigenvalue weighted by atomic mass is 19.1. The lowest BCUT2D eigenvalue weighted by Gasteiger charge is -2.30. The number of hydrogen-bond acceptors (Lipinski definition) is 4. The number of aromatic nitrogens is 2. The molecule has 0 bridgehead atoms. The summed E-state index contributed by atoms with van der Waals surface area (Å²) in [6.07, 6.45) is 3.97. The van der Waals surface area contributed by atoms with Crippen molar-refractivity contribution in [2.24, 2.45) is 13.0 Å². The van der Waals surface area contributed by atoms with Crippen LogP contribution in [0.25, 0.3) is 11.3 Å². The van der Waals surface area contributed by atoms with E-state index >= 15 is 0 Å². The number of para-hydroxylation sites is 1. The van der Waals surface area contributed by atoms with E-state index in [1.807, 2.05) is 30.3 Å².